The number of benzene rings is 2. The molecule has 96 valence electrons. The van der Waals surface area contributed by atoms with Gasteiger partial charge < -0.3 is 4.74 Å². The van der Waals surface area contributed by atoms with Gasteiger partial charge in [0.15, 0.2) is 0 Å². The molecule has 0 aliphatic heterocycles. The molecule has 2 rings (SSSR count). The first-order valence-electron chi connectivity index (χ1n) is 5.36. The number of nitrogens with zero attached hydrogens (tertiary/aromatic N) is 1. The van der Waals surface area contributed by atoms with Gasteiger partial charge in [0.05, 0.1) is 15.4 Å². The van der Waals surface area contributed by atoms with E-state index in [0.717, 1.165) is 15.8 Å². The van der Waals surface area contributed by atoms with Gasteiger partial charge in [-0.1, -0.05) is 53.9 Å². The fraction of sp³-hybridized carbons (Fsp3) is 0.0714. The summed E-state index contributed by atoms with van der Waals surface area (Å²) in [5.41, 5.74) is 1.59. The Labute approximate surface area is 136 Å². The Balaban J connectivity index is 2.33. The van der Waals surface area contributed by atoms with Crippen molar-refractivity contribution in [3.05, 3.63) is 58.1 Å². The molecule has 0 saturated carbocycles. The third kappa shape index (κ3) is 3.59. The summed E-state index contributed by atoms with van der Waals surface area (Å²) in [7, 11) is 0. The molecule has 0 saturated heterocycles. The first kappa shape index (κ1) is 14.6. The molecule has 0 bridgehead atoms. The van der Waals surface area contributed by atoms with E-state index in [4.69, 9.17) is 10.00 Å². The monoisotopic (exact) mass is 443 g/mol. The summed E-state index contributed by atoms with van der Waals surface area (Å²) in [5.74, 6) is 1.44. The molecule has 0 aromatic heterocycles. The quantitative estimate of drug-likeness (QED) is 0.551. The van der Waals surface area contributed by atoms with Gasteiger partial charge in [0, 0.05) is 10.0 Å². The normalized spacial score (nSPS) is 10.3. The molecule has 0 N–H and O–H groups in total. The van der Waals surface area contributed by atoms with Crippen molar-refractivity contribution in [2.45, 2.75) is 3.74 Å². The smallest absolute Gasteiger partial charge is 0.133 e. The molecule has 0 unspecified atom stereocenters. The molecule has 2 nitrogen and oxygen atoms in total. The molecule has 0 amide bonds. The predicted molar refractivity (Wildman–Crippen MR) is 86.0 cm³/mol. The fourth-order valence-corrected chi connectivity index (χ4v) is 3.68. The molecule has 5 heteroatoms. The molecule has 2 aromatic carbocycles. The van der Waals surface area contributed by atoms with E-state index in [9.17, 15) is 0 Å². The number of halogens is 3. The minimum atomic E-state index is -0.0102. The van der Waals surface area contributed by atoms with Gasteiger partial charge in [-0.05, 0) is 36.4 Å². The highest BCUT2D eigenvalue weighted by Gasteiger charge is 2.14. The van der Waals surface area contributed by atoms with E-state index in [2.05, 4.69) is 53.9 Å². The molecule has 0 spiro atoms. The maximum absolute atomic E-state index is 8.76. The van der Waals surface area contributed by atoms with Crippen molar-refractivity contribution in [2.24, 2.45) is 0 Å². The van der Waals surface area contributed by atoms with Gasteiger partial charge >= 0.3 is 0 Å². The summed E-state index contributed by atoms with van der Waals surface area (Å²) >= 11 is 10.5. The summed E-state index contributed by atoms with van der Waals surface area (Å²) < 4.78 is 6.80. The van der Waals surface area contributed by atoms with Crippen molar-refractivity contribution in [2.75, 3.05) is 0 Å². The zero-order chi connectivity index (χ0) is 13.8. The van der Waals surface area contributed by atoms with Crippen molar-refractivity contribution in [3.63, 3.8) is 0 Å². The second-order valence-electron chi connectivity index (χ2n) is 3.69. The number of rotatable bonds is 3. The molecule has 0 aliphatic carbocycles. The van der Waals surface area contributed by atoms with Crippen LogP contribution in [0.2, 0.25) is 0 Å². The van der Waals surface area contributed by atoms with Crippen LogP contribution in [0.25, 0.3) is 0 Å². The summed E-state index contributed by atoms with van der Waals surface area (Å²) in [4.78, 5) is 0. The molecule has 0 aliphatic rings. The minimum absolute atomic E-state index is 0.0102. The zero-order valence-corrected chi connectivity index (χ0v) is 14.4. The Kier molecular flexibility index (Phi) is 5.03. The molecular weight excluding hydrogens is 438 g/mol. The van der Waals surface area contributed by atoms with Crippen LogP contribution in [0.5, 0.6) is 11.5 Å². The first-order chi connectivity index (χ1) is 9.11. The number of alkyl halides is 2. The van der Waals surface area contributed by atoms with Crippen LogP contribution >= 0.6 is 47.8 Å². The van der Waals surface area contributed by atoms with Crippen molar-refractivity contribution in [1.29, 1.82) is 5.26 Å². The number of nitriles is 1. The number of ether oxygens (including phenoxy) is 1. The lowest BCUT2D eigenvalue weighted by molar-refractivity contribution is 0.478. The van der Waals surface area contributed by atoms with Gasteiger partial charge in [-0.15, -0.1) is 0 Å². The summed E-state index contributed by atoms with van der Waals surface area (Å²) in [5, 5.41) is 8.76. The lowest BCUT2D eigenvalue weighted by Gasteiger charge is -2.13. The fourth-order valence-electron chi connectivity index (χ4n) is 1.54. The maximum atomic E-state index is 8.76. The molecule has 0 fully saturated rings. The molecule has 0 radical (unpaired) electrons. The second-order valence-corrected chi connectivity index (χ2v) is 7.61. The second kappa shape index (κ2) is 6.56. The van der Waals surface area contributed by atoms with Crippen LogP contribution in [0.3, 0.4) is 0 Å². The third-order valence-electron chi connectivity index (χ3n) is 2.44. The minimum Gasteiger partial charge on any atom is -0.457 e. The highest BCUT2D eigenvalue weighted by molar-refractivity contribution is 9.24. The molecule has 0 heterocycles. The van der Waals surface area contributed by atoms with Crippen LogP contribution in [-0.4, -0.2) is 0 Å². The lowest BCUT2D eigenvalue weighted by atomic mass is 10.2. The van der Waals surface area contributed by atoms with Crippen LogP contribution in [0.15, 0.2) is 46.9 Å². The van der Waals surface area contributed by atoms with Crippen LogP contribution in [0.1, 0.15) is 14.9 Å². The lowest BCUT2D eigenvalue weighted by Crippen LogP contribution is -1.92. The van der Waals surface area contributed by atoms with Crippen LogP contribution in [0.4, 0.5) is 0 Å². The van der Waals surface area contributed by atoms with Gasteiger partial charge in [0.1, 0.15) is 11.5 Å². The number of hydrogen-bond donors (Lipinski definition) is 0. The zero-order valence-electron chi connectivity index (χ0n) is 9.61. The van der Waals surface area contributed by atoms with E-state index in [1.807, 2.05) is 18.2 Å². The summed E-state index contributed by atoms with van der Waals surface area (Å²) in [6.07, 6.45) is 0. The first-order valence-corrected chi connectivity index (χ1v) is 7.99. The van der Waals surface area contributed by atoms with Crippen molar-refractivity contribution in [1.82, 2.24) is 0 Å². The maximum Gasteiger partial charge on any atom is 0.133 e. The highest BCUT2D eigenvalue weighted by Crippen LogP contribution is 2.42. The Bertz CT molecular complexity index is 618. The molecule has 0 atom stereocenters. The van der Waals surface area contributed by atoms with Gasteiger partial charge in [0.25, 0.3) is 0 Å². The Hall–Kier alpha value is -0.830. The Morgan fingerprint density at radius 1 is 1.05 bits per heavy atom. The van der Waals surface area contributed by atoms with Gasteiger partial charge in [-0.25, -0.2) is 0 Å². The largest absolute Gasteiger partial charge is 0.457 e. The summed E-state index contributed by atoms with van der Waals surface area (Å²) in [6, 6.07) is 14.9. The van der Waals surface area contributed by atoms with E-state index in [1.165, 1.54) is 0 Å². The van der Waals surface area contributed by atoms with Gasteiger partial charge in [-0.2, -0.15) is 5.26 Å². The third-order valence-corrected chi connectivity index (χ3v) is 4.05. The van der Waals surface area contributed by atoms with E-state index in [1.54, 1.807) is 24.3 Å². The van der Waals surface area contributed by atoms with Crippen molar-refractivity contribution < 1.29 is 4.74 Å². The van der Waals surface area contributed by atoms with Crippen molar-refractivity contribution >= 4 is 47.8 Å². The standard InChI is InChI=1S/C14H8Br3NO/c15-11-2-1-3-12(13(11)14(16)17)19-10-6-4-9(8-18)5-7-10/h1-7,14H. The molecule has 2 aromatic rings. The number of hydrogen-bond acceptors (Lipinski definition) is 2. The van der Waals surface area contributed by atoms with Gasteiger partial charge in [-0.3, -0.25) is 0 Å². The summed E-state index contributed by atoms with van der Waals surface area (Å²) in [6.45, 7) is 0. The van der Waals surface area contributed by atoms with E-state index in [0.29, 0.717) is 11.3 Å². The average molecular weight is 446 g/mol. The SMILES string of the molecule is N#Cc1ccc(Oc2cccc(Br)c2C(Br)Br)cc1. The highest BCUT2D eigenvalue weighted by atomic mass is 79.9. The topological polar surface area (TPSA) is 33.0 Å². The predicted octanol–water partition coefficient (Wildman–Crippen LogP) is 5.90. The van der Waals surface area contributed by atoms with Crippen LogP contribution in [0, 0.1) is 11.3 Å². The van der Waals surface area contributed by atoms with Gasteiger partial charge in [0.2, 0.25) is 0 Å². The van der Waals surface area contributed by atoms with E-state index in [-0.39, 0.29) is 3.74 Å². The van der Waals surface area contributed by atoms with E-state index >= 15 is 0 Å². The van der Waals surface area contributed by atoms with Crippen molar-refractivity contribution in [3.8, 4) is 17.6 Å². The Morgan fingerprint density at radius 2 is 1.74 bits per heavy atom. The average Bonchev–Trinajstić information content (AvgIpc) is 2.39. The molecule has 19 heavy (non-hydrogen) atoms. The van der Waals surface area contributed by atoms with E-state index < -0.39 is 0 Å². The van der Waals surface area contributed by atoms with Crippen LogP contribution < -0.4 is 4.74 Å². The molecular formula is C14H8Br3NO. The van der Waals surface area contributed by atoms with Crippen LogP contribution in [-0.2, 0) is 0 Å². The Morgan fingerprint density at radius 3 is 2.32 bits per heavy atom.